The smallest absolute Gasteiger partial charge is 0.263 e. The number of carbonyl (C=O) groups excluding carboxylic acids is 1. The third kappa shape index (κ3) is 3.78. The van der Waals surface area contributed by atoms with Gasteiger partial charge in [0.05, 0.1) is 10.7 Å². The molecule has 5 heteroatoms. The molecular weight excluding hydrogens is 328 g/mol. The third-order valence-corrected chi connectivity index (χ3v) is 4.53. The molecule has 0 aliphatic heterocycles. The Morgan fingerprint density at radius 3 is 2.70 bits per heavy atom. The van der Waals surface area contributed by atoms with E-state index in [9.17, 15) is 4.79 Å². The van der Waals surface area contributed by atoms with Gasteiger partial charge in [-0.2, -0.15) is 0 Å². The van der Waals surface area contributed by atoms with Crippen LogP contribution in [0.15, 0.2) is 54.6 Å². The molecule has 0 unspecified atom stereocenters. The summed E-state index contributed by atoms with van der Waals surface area (Å²) in [5.74, 6) is -0.116. The van der Waals surface area contributed by atoms with Crippen LogP contribution in [0.4, 0.5) is 0 Å². The quantitative estimate of drug-likeness (QED) is 0.746. The van der Waals surface area contributed by atoms with Crippen LogP contribution in [0.5, 0.6) is 0 Å². The molecule has 3 aromatic rings. The monoisotopic (exact) mass is 342 g/mol. The fourth-order valence-corrected chi connectivity index (χ4v) is 3.35. The number of carbonyl (C=O) groups is 1. The summed E-state index contributed by atoms with van der Waals surface area (Å²) in [7, 11) is 0. The molecule has 0 saturated carbocycles. The summed E-state index contributed by atoms with van der Waals surface area (Å²) >= 11 is 7.37. The number of halogens is 1. The summed E-state index contributed by atoms with van der Waals surface area (Å²) in [6, 6.07) is 17.2. The summed E-state index contributed by atoms with van der Waals surface area (Å²) in [5, 5.41) is 4.47. The standard InChI is InChI=1S/C18H15ClN2OS/c1-12-21-16(14-7-3-2-4-8-14)17(23-12)18(22)20-11-13-6-5-9-15(19)10-13/h2-10H,11H2,1H3,(H,20,22). The van der Waals surface area contributed by atoms with Crippen molar-refractivity contribution in [3.63, 3.8) is 0 Å². The number of benzene rings is 2. The molecule has 1 aromatic heterocycles. The minimum Gasteiger partial charge on any atom is -0.347 e. The molecule has 0 bridgehead atoms. The van der Waals surface area contributed by atoms with Gasteiger partial charge in [0.15, 0.2) is 0 Å². The number of aromatic nitrogens is 1. The number of nitrogens with zero attached hydrogens (tertiary/aromatic N) is 1. The van der Waals surface area contributed by atoms with Crippen LogP contribution in [-0.2, 0) is 6.54 Å². The van der Waals surface area contributed by atoms with E-state index >= 15 is 0 Å². The van der Waals surface area contributed by atoms with E-state index in [1.54, 1.807) is 0 Å². The van der Waals surface area contributed by atoms with E-state index in [1.807, 2.05) is 61.5 Å². The van der Waals surface area contributed by atoms with Crippen molar-refractivity contribution in [1.82, 2.24) is 10.3 Å². The molecule has 1 heterocycles. The fourth-order valence-electron chi connectivity index (χ4n) is 2.28. The van der Waals surface area contributed by atoms with Crippen molar-refractivity contribution in [1.29, 1.82) is 0 Å². The number of hydrogen-bond donors (Lipinski definition) is 1. The van der Waals surface area contributed by atoms with Crippen molar-refractivity contribution in [3.8, 4) is 11.3 Å². The predicted octanol–water partition coefficient (Wildman–Crippen LogP) is 4.70. The lowest BCUT2D eigenvalue weighted by molar-refractivity contribution is 0.0955. The van der Waals surface area contributed by atoms with Gasteiger partial charge in [-0.3, -0.25) is 4.79 Å². The number of aryl methyl sites for hydroxylation is 1. The van der Waals surface area contributed by atoms with Gasteiger partial charge in [-0.15, -0.1) is 11.3 Å². The Labute approximate surface area is 144 Å². The number of hydrogen-bond acceptors (Lipinski definition) is 3. The van der Waals surface area contributed by atoms with E-state index in [-0.39, 0.29) is 5.91 Å². The normalized spacial score (nSPS) is 10.5. The zero-order valence-electron chi connectivity index (χ0n) is 12.5. The first-order chi connectivity index (χ1) is 11.1. The minimum absolute atomic E-state index is 0.116. The molecule has 116 valence electrons. The van der Waals surface area contributed by atoms with Crippen LogP contribution in [-0.4, -0.2) is 10.9 Å². The van der Waals surface area contributed by atoms with Gasteiger partial charge in [-0.1, -0.05) is 54.1 Å². The molecule has 0 fully saturated rings. The molecule has 0 atom stereocenters. The maximum absolute atomic E-state index is 12.5. The number of rotatable bonds is 4. The van der Waals surface area contributed by atoms with Crippen molar-refractivity contribution >= 4 is 28.8 Å². The van der Waals surface area contributed by atoms with Crippen LogP contribution < -0.4 is 5.32 Å². The Balaban J connectivity index is 1.80. The highest BCUT2D eigenvalue weighted by Crippen LogP contribution is 2.27. The number of thiazole rings is 1. The zero-order chi connectivity index (χ0) is 16.2. The lowest BCUT2D eigenvalue weighted by Crippen LogP contribution is -2.22. The summed E-state index contributed by atoms with van der Waals surface area (Å²) in [4.78, 5) is 17.7. The Morgan fingerprint density at radius 1 is 1.17 bits per heavy atom. The van der Waals surface area contributed by atoms with E-state index in [1.165, 1.54) is 11.3 Å². The van der Waals surface area contributed by atoms with Gasteiger partial charge in [0, 0.05) is 17.1 Å². The molecule has 3 nitrogen and oxygen atoms in total. The molecule has 0 saturated heterocycles. The average molecular weight is 343 g/mol. The lowest BCUT2D eigenvalue weighted by atomic mass is 10.1. The fraction of sp³-hybridized carbons (Fsp3) is 0.111. The van der Waals surface area contributed by atoms with Crippen LogP contribution >= 0.6 is 22.9 Å². The van der Waals surface area contributed by atoms with Crippen LogP contribution in [0.3, 0.4) is 0 Å². The van der Waals surface area contributed by atoms with Crippen LogP contribution in [0, 0.1) is 6.92 Å². The molecule has 1 amide bonds. The van der Waals surface area contributed by atoms with E-state index in [4.69, 9.17) is 11.6 Å². The first-order valence-corrected chi connectivity index (χ1v) is 8.38. The number of amides is 1. The Kier molecular flexibility index (Phi) is 4.74. The van der Waals surface area contributed by atoms with Gasteiger partial charge in [0.25, 0.3) is 5.91 Å². The lowest BCUT2D eigenvalue weighted by Gasteiger charge is -2.06. The summed E-state index contributed by atoms with van der Waals surface area (Å²) in [6.07, 6.45) is 0. The molecule has 0 aliphatic carbocycles. The van der Waals surface area contributed by atoms with E-state index in [0.717, 1.165) is 21.8 Å². The minimum atomic E-state index is -0.116. The van der Waals surface area contributed by atoms with Crippen molar-refractivity contribution in [2.24, 2.45) is 0 Å². The van der Waals surface area contributed by atoms with Gasteiger partial charge in [-0.25, -0.2) is 4.98 Å². The van der Waals surface area contributed by atoms with Crippen LogP contribution in [0.25, 0.3) is 11.3 Å². The maximum Gasteiger partial charge on any atom is 0.263 e. The molecule has 23 heavy (non-hydrogen) atoms. The molecule has 0 radical (unpaired) electrons. The molecule has 2 aromatic carbocycles. The highest BCUT2D eigenvalue weighted by atomic mass is 35.5. The van der Waals surface area contributed by atoms with Gasteiger partial charge in [0.2, 0.25) is 0 Å². The summed E-state index contributed by atoms with van der Waals surface area (Å²) < 4.78 is 0. The summed E-state index contributed by atoms with van der Waals surface area (Å²) in [6.45, 7) is 2.34. The van der Waals surface area contributed by atoms with E-state index < -0.39 is 0 Å². The first-order valence-electron chi connectivity index (χ1n) is 7.19. The molecule has 0 aliphatic rings. The molecule has 0 spiro atoms. The first kappa shape index (κ1) is 15.7. The maximum atomic E-state index is 12.5. The van der Waals surface area contributed by atoms with Crippen molar-refractivity contribution in [3.05, 3.63) is 75.1 Å². The Bertz CT molecular complexity index is 830. The van der Waals surface area contributed by atoms with Gasteiger partial charge >= 0.3 is 0 Å². The van der Waals surface area contributed by atoms with Crippen molar-refractivity contribution in [2.45, 2.75) is 13.5 Å². The van der Waals surface area contributed by atoms with Crippen molar-refractivity contribution in [2.75, 3.05) is 0 Å². The molecule has 3 rings (SSSR count). The second kappa shape index (κ2) is 6.94. The highest BCUT2D eigenvalue weighted by Gasteiger charge is 2.17. The molecule has 1 N–H and O–H groups in total. The van der Waals surface area contributed by atoms with Crippen LogP contribution in [0.2, 0.25) is 5.02 Å². The SMILES string of the molecule is Cc1nc(-c2ccccc2)c(C(=O)NCc2cccc(Cl)c2)s1. The predicted molar refractivity (Wildman–Crippen MR) is 94.9 cm³/mol. The van der Waals surface area contributed by atoms with Gasteiger partial charge in [-0.05, 0) is 24.6 Å². The van der Waals surface area contributed by atoms with Gasteiger partial charge < -0.3 is 5.32 Å². The van der Waals surface area contributed by atoms with Gasteiger partial charge in [0.1, 0.15) is 4.88 Å². The summed E-state index contributed by atoms with van der Waals surface area (Å²) in [5.41, 5.74) is 2.65. The number of nitrogens with one attached hydrogen (secondary N) is 1. The Hall–Kier alpha value is -2.17. The molecular formula is C18H15ClN2OS. The topological polar surface area (TPSA) is 42.0 Å². The second-order valence-electron chi connectivity index (χ2n) is 5.09. The Morgan fingerprint density at radius 2 is 1.96 bits per heavy atom. The van der Waals surface area contributed by atoms with Crippen LogP contribution in [0.1, 0.15) is 20.2 Å². The second-order valence-corrected chi connectivity index (χ2v) is 6.73. The largest absolute Gasteiger partial charge is 0.347 e. The van der Waals surface area contributed by atoms with E-state index in [0.29, 0.717) is 16.4 Å². The average Bonchev–Trinajstić information content (AvgIpc) is 2.95. The zero-order valence-corrected chi connectivity index (χ0v) is 14.1. The third-order valence-electron chi connectivity index (χ3n) is 3.33. The highest BCUT2D eigenvalue weighted by molar-refractivity contribution is 7.14. The van der Waals surface area contributed by atoms with Crippen molar-refractivity contribution < 1.29 is 4.79 Å². The van der Waals surface area contributed by atoms with E-state index in [2.05, 4.69) is 10.3 Å².